The minimum atomic E-state index is -1.17. The van der Waals surface area contributed by atoms with Gasteiger partial charge < -0.3 is 40.6 Å². The number of ether oxygens (including phenoxy) is 1. The number of hydrogen-bond donors (Lipinski definition) is 5. The van der Waals surface area contributed by atoms with E-state index in [1.807, 2.05) is 86.6 Å². The summed E-state index contributed by atoms with van der Waals surface area (Å²) >= 11 is 6.84. The summed E-state index contributed by atoms with van der Waals surface area (Å²) in [7, 11) is 3.83. The fraction of sp³-hybridized carbons (Fsp3) is 0.339. The van der Waals surface area contributed by atoms with Gasteiger partial charge in [0.25, 0.3) is 17.5 Å². The molecule has 3 aliphatic rings. The third-order valence-electron chi connectivity index (χ3n) is 15.2. The Morgan fingerprint density at radius 1 is 0.961 bits per heavy atom. The van der Waals surface area contributed by atoms with Crippen LogP contribution >= 0.6 is 11.6 Å². The highest BCUT2D eigenvalue weighted by molar-refractivity contribution is 6.33. The van der Waals surface area contributed by atoms with E-state index in [1.165, 1.54) is 16.6 Å². The van der Waals surface area contributed by atoms with E-state index < -0.39 is 5.60 Å². The molecule has 0 saturated carbocycles. The van der Waals surface area contributed by atoms with Crippen LogP contribution in [0.2, 0.25) is 5.02 Å². The number of aryl methyl sites for hydroxylation is 2. The van der Waals surface area contributed by atoms with Gasteiger partial charge in [-0.3, -0.25) is 28.4 Å². The summed E-state index contributed by atoms with van der Waals surface area (Å²) < 4.78 is 9.19. The van der Waals surface area contributed by atoms with E-state index >= 15 is 0 Å². The molecule has 10 rings (SSSR count). The average molecular weight is 1060 g/mol. The van der Waals surface area contributed by atoms with Crippen LogP contribution in [0.1, 0.15) is 78.1 Å². The van der Waals surface area contributed by atoms with Crippen LogP contribution in [0, 0.1) is 18.8 Å². The summed E-state index contributed by atoms with van der Waals surface area (Å²) in [5.74, 6) is 0.713. The summed E-state index contributed by atoms with van der Waals surface area (Å²) in [5.41, 5.74) is 8.79. The number of rotatable bonds is 18. The zero-order valence-electron chi connectivity index (χ0n) is 44.0. The molecule has 17 nitrogen and oxygen atoms in total. The first kappa shape index (κ1) is 52.6. The van der Waals surface area contributed by atoms with Crippen LogP contribution < -0.4 is 26.2 Å². The summed E-state index contributed by atoms with van der Waals surface area (Å²) in [6, 6.07) is 27.2. The van der Waals surface area contributed by atoms with Gasteiger partial charge in [-0.1, -0.05) is 98.3 Å². The van der Waals surface area contributed by atoms with Gasteiger partial charge in [0.15, 0.2) is 5.52 Å². The highest BCUT2D eigenvalue weighted by Crippen LogP contribution is 2.44. The number of allylic oxidation sites excluding steroid dienone is 4. The standard InChI is InChI=1S/C59H64ClN11O6/c1-36-12-17-42(77-58-65-48-30-46(47(60)31-49(48)66-58)43-18-19-50-44(38(43)3)20-25-68(50)4)29-45(36)56(74)63-24-9-23-62-51(72)33-61-32-39-13-15-41(16-14-39)55-53-54(67-69(55)5)57(75)71(35-64-53)34-59(76)21-26-70(27-22-59)52(73)28-37(2)40-10-7-6-8-11-40/h6-8,10-20,25,29-31,35,37-38,44,61,76H,9,21-24,26-28,32-34H2,1-5H3,(H,62,72)(H,63,74)(H,65,66)/t37-,38?,44?/m1/s1. The number of aromatic nitrogens is 6. The lowest BCUT2D eigenvalue weighted by Crippen LogP contribution is -2.49. The van der Waals surface area contributed by atoms with Crippen molar-refractivity contribution in [3.05, 3.63) is 165 Å². The largest absolute Gasteiger partial charge is 0.426 e. The molecule has 77 heavy (non-hydrogen) atoms. The van der Waals surface area contributed by atoms with Gasteiger partial charge in [0.2, 0.25) is 11.8 Å². The zero-order valence-corrected chi connectivity index (χ0v) is 44.7. The molecule has 1 aliphatic carbocycles. The Labute approximate surface area is 451 Å². The second-order valence-electron chi connectivity index (χ2n) is 20.7. The number of halogens is 1. The van der Waals surface area contributed by atoms with E-state index in [9.17, 15) is 24.3 Å². The number of fused-ring (bicyclic) bond motifs is 3. The van der Waals surface area contributed by atoms with E-state index in [0.29, 0.717) is 91.9 Å². The lowest BCUT2D eigenvalue weighted by atomic mass is 9.79. The molecule has 3 atom stereocenters. The second kappa shape index (κ2) is 22.4. The Kier molecular flexibility index (Phi) is 15.3. The van der Waals surface area contributed by atoms with Crippen molar-refractivity contribution in [3.63, 3.8) is 0 Å². The van der Waals surface area contributed by atoms with Gasteiger partial charge >= 0.3 is 0 Å². The average Bonchev–Trinajstić information content (AvgIpc) is 4.15. The van der Waals surface area contributed by atoms with Crippen molar-refractivity contribution in [2.24, 2.45) is 18.9 Å². The molecule has 4 aromatic carbocycles. The van der Waals surface area contributed by atoms with Gasteiger partial charge in [-0.2, -0.15) is 10.1 Å². The van der Waals surface area contributed by atoms with E-state index in [4.69, 9.17) is 21.3 Å². The first-order chi connectivity index (χ1) is 37.1. The first-order valence-electron chi connectivity index (χ1n) is 26.2. The van der Waals surface area contributed by atoms with Crippen LogP contribution in [0.15, 0.2) is 126 Å². The SMILES string of the molecule is Cc1ccc(Oc2nc3cc(C4=CC=C5C(C=CN5C)C4C)c(Cl)cc3[nH]2)cc1C(=O)NCCCNC(=O)CNCc1ccc(-c2c3ncn(CC4(O)CCN(C(=O)C[C@@H](C)c5ccccc5)CC4)c(=O)c3nn2C)cc1. The van der Waals surface area contributed by atoms with Gasteiger partial charge in [0.05, 0.1) is 46.8 Å². The Bertz CT molecular complexity index is 3520. The number of benzene rings is 4. The van der Waals surface area contributed by atoms with Gasteiger partial charge in [-0.05, 0) is 96.2 Å². The lowest BCUT2D eigenvalue weighted by Gasteiger charge is -2.38. The van der Waals surface area contributed by atoms with Gasteiger partial charge in [0.1, 0.15) is 11.3 Å². The Morgan fingerprint density at radius 3 is 2.51 bits per heavy atom. The van der Waals surface area contributed by atoms with Crippen LogP contribution in [0.5, 0.6) is 11.8 Å². The van der Waals surface area contributed by atoms with Gasteiger partial charge in [0, 0.05) is 82.2 Å². The number of aromatic amines is 1. The summed E-state index contributed by atoms with van der Waals surface area (Å²) in [6.07, 6.45) is 11.7. The maximum atomic E-state index is 13.7. The third kappa shape index (κ3) is 11.5. The lowest BCUT2D eigenvalue weighted by molar-refractivity contribution is -0.136. The molecule has 3 aromatic heterocycles. The fourth-order valence-corrected chi connectivity index (χ4v) is 11.0. The number of carbonyl (C=O) groups excluding carboxylic acids is 3. The summed E-state index contributed by atoms with van der Waals surface area (Å²) in [4.78, 5) is 69.4. The predicted molar refractivity (Wildman–Crippen MR) is 298 cm³/mol. The highest BCUT2D eigenvalue weighted by atomic mass is 35.5. The number of amides is 3. The molecule has 2 unspecified atom stereocenters. The van der Waals surface area contributed by atoms with E-state index in [-0.39, 0.29) is 59.7 Å². The molecule has 3 amide bonds. The Morgan fingerprint density at radius 2 is 1.73 bits per heavy atom. The van der Waals surface area contributed by atoms with Crippen molar-refractivity contribution in [1.82, 2.24) is 55.0 Å². The number of nitrogens with one attached hydrogen (secondary N) is 4. The quantitative estimate of drug-likeness (QED) is 0.0521. The summed E-state index contributed by atoms with van der Waals surface area (Å²) in [5, 5.41) is 25.8. The van der Waals surface area contributed by atoms with Gasteiger partial charge in [-0.15, -0.1) is 0 Å². The van der Waals surface area contributed by atoms with Crippen molar-refractivity contribution < 1.29 is 24.2 Å². The number of piperidine rings is 1. The Hall–Kier alpha value is -7.86. The van der Waals surface area contributed by atoms with E-state index in [2.05, 4.69) is 74.3 Å². The number of likely N-dealkylation sites (tertiary alicyclic amines) is 1. The molecule has 1 fully saturated rings. The molecule has 398 valence electrons. The normalized spacial score (nSPS) is 17.3. The Balaban J connectivity index is 0.652. The highest BCUT2D eigenvalue weighted by Gasteiger charge is 2.36. The minimum absolute atomic E-state index is 0.0500. The first-order valence-corrected chi connectivity index (χ1v) is 26.6. The van der Waals surface area contributed by atoms with Gasteiger partial charge in [-0.25, -0.2) is 4.98 Å². The smallest absolute Gasteiger partial charge is 0.300 e. The maximum absolute atomic E-state index is 13.7. The van der Waals surface area contributed by atoms with Crippen LogP contribution in [-0.4, -0.2) is 107 Å². The molecule has 5 N–H and O–H groups in total. The number of aliphatic hydroxyl groups is 1. The number of carbonyl (C=O) groups is 3. The molecule has 18 heteroatoms. The second-order valence-corrected chi connectivity index (χ2v) is 21.1. The number of imidazole rings is 1. The predicted octanol–water partition coefficient (Wildman–Crippen LogP) is 7.99. The van der Waals surface area contributed by atoms with Crippen molar-refractivity contribution in [3.8, 4) is 23.0 Å². The monoisotopic (exact) mass is 1060 g/mol. The molecular formula is C59H64ClN11O6. The molecule has 5 heterocycles. The number of H-pyrrole nitrogens is 1. The molecule has 7 aromatic rings. The minimum Gasteiger partial charge on any atom is -0.426 e. The topological polar surface area (TPSA) is 205 Å². The zero-order chi connectivity index (χ0) is 54.0. The van der Waals surface area contributed by atoms with Crippen molar-refractivity contribution in [2.45, 2.75) is 71.1 Å². The molecule has 0 spiro atoms. The molecule has 2 aliphatic heterocycles. The van der Waals surface area contributed by atoms with E-state index in [1.54, 1.807) is 28.8 Å². The molecule has 0 bridgehead atoms. The van der Waals surface area contributed by atoms with Crippen molar-refractivity contribution in [2.75, 3.05) is 39.8 Å². The third-order valence-corrected chi connectivity index (χ3v) is 15.5. The van der Waals surface area contributed by atoms with E-state index in [0.717, 1.165) is 44.4 Å². The molecular weight excluding hydrogens is 994 g/mol. The van der Waals surface area contributed by atoms with Crippen molar-refractivity contribution >= 4 is 57.0 Å². The maximum Gasteiger partial charge on any atom is 0.300 e. The summed E-state index contributed by atoms with van der Waals surface area (Å²) in [6.45, 7) is 8.29. The van der Waals surface area contributed by atoms with Crippen molar-refractivity contribution in [1.29, 1.82) is 0 Å². The number of nitrogens with zero attached hydrogens (tertiary/aromatic N) is 7. The fourth-order valence-electron chi connectivity index (χ4n) is 10.7. The molecule has 0 radical (unpaired) electrons. The van der Waals surface area contributed by atoms with Crippen LogP contribution in [0.25, 0.3) is 38.9 Å². The van der Waals surface area contributed by atoms with Crippen LogP contribution in [0.3, 0.4) is 0 Å². The number of hydrogen-bond acceptors (Lipinski definition) is 11. The molecule has 1 saturated heterocycles. The van der Waals surface area contributed by atoms with Crippen LogP contribution in [0.4, 0.5) is 0 Å². The van der Waals surface area contributed by atoms with Crippen LogP contribution in [-0.2, 0) is 29.7 Å².